The maximum absolute atomic E-state index is 12.2. The monoisotopic (exact) mass is 419 g/mol. The molecule has 5 nitrogen and oxygen atoms in total. The molecule has 0 unspecified atom stereocenters. The van der Waals surface area contributed by atoms with Gasteiger partial charge in [0.05, 0.1) is 12.2 Å². The number of amides is 1. The molecule has 156 valence electrons. The first-order valence-electron chi connectivity index (χ1n) is 10.5. The maximum Gasteiger partial charge on any atom is 0.407 e. The highest BCUT2D eigenvalue weighted by Gasteiger charge is 2.28. The van der Waals surface area contributed by atoms with Crippen molar-refractivity contribution < 1.29 is 9.53 Å². The van der Waals surface area contributed by atoms with Crippen molar-refractivity contribution in [1.82, 2.24) is 15.1 Å². The summed E-state index contributed by atoms with van der Waals surface area (Å²) in [6.07, 6.45) is 3.16. The van der Waals surface area contributed by atoms with Gasteiger partial charge in [0.1, 0.15) is 6.61 Å². The van der Waals surface area contributed by atoms with Gasteiger partial charge in [0, 0.05) is 23.9 Å². The van der Waals surface area contributed by atoms with Crippen molar-refractivity contribution in [3.8, 4) is 28.7 Å². The molecule has 32 heavy (non-hydrogen) atoms. The number of fused-ring (bicyclic) bond motifs is 3. The van der Waals surface area contributed by atoms with Gasteiger partial charge in [0.2, 0.25) is 0 Å². The van der Waals surface area contributed by atoms with Gasteiger partial charge < -0.3 is 10.1 Å². The SMILES string of the molecule is O=C(NCC#Cc1ccc(-n2cccn2)cc1)OCC1c2ccccc2-c2ccccc21. The van der Waals surface area contributed by atoms with Gasteiger partial charge in [-0.25, -0.2) is 9.48 Å². The molecule has 0 radical (unpaired) electrons. The topological polar surface area (TPSA) is 56.2 Å². The fourth-order valence-corrected chi connectivity index (χ4v) is 4.03. The lowest BCUT2D eigenvalue weighted by Crippen LogP contribution is -2.26. The number of carbonyl (C=O) groups excluding carboxylic acids is 1. The maximum atomic E-state index is 12.2. The van der Waals surface area contributed by atoms with Crippen LogP contribution in [0.15, 0.2) is 91.3 Å². The third-order valence-corrected chi connectivity index (χ3v) is 5.53. The number of nitrogens with zero attached hydrogens (tertiary/aromatic N) is 2. The Labute approximate surface area is 186 Å². The van der Waals surface area contributed by atoms with E-state index in [0.717, 1.165) is 11.3 Å². The predicted molar refractivity (Wildman–Crippen MR) is 124 cm³/mol. The molecule has 3 aromatic carbocycles. The van der Waals surface area contributed by atoms with Crippen LogP contribution >= 0.6 is 0 Å². The van der Waals surface area contributed by atoms with E-state index >= 15 is 0 Å². The van der Waals surface area contributed by atoms with E-state index in [1.807, 2.05) is 60.8 Å². The van der Waals surface area contributed by atoms with Gasteiger partial charge in [0.15, 0.2) is 0 Å². The third kappa shape index (κ3) is 3.99. The zero-order chi connectivity index (χ0) is 21.8. The average molecular weight is 419 g/mol. The molecule has 1 heterocycles. The van der Waals surface area contributed by atoms with Crippen LogP contribution in [-0.2, 0) is 4.74 Å². The predicted octanol–water partition coefficient (Wildman–Crippen LogP) is 4.76. The molecule has 1 N–H and O–H groups in total. The molecule has 0 fully saturated rings. The summed E-state index contributed by atoms with van der Waals surface area (Å²) in [5.41, 5.74) is 6.65. The summed E-state index contributed by atoms with van der Waals surface area (Å²) < 4.78 is 7.31. The quantitative estimate of drug-likeness (QED) is 0.485. The summed E-state index contributed by atoms with van der Waals surface area (Å²) in [7, 11) is 0. The van der Waals surface area contributed by atoms with Gasteiger partial charge in [-0.3, -0.25) is 0 Å². The molecule has 1 aliphatic carbocycles. The highest BCUT2D eigenvalue weighted by Crippen LogP contribution is 2.44. The van der Waals surface area contributed by atoms with Crippen LogP contribution in [0.2, 0.25) is 0 Å². The van der Waals surface area contributed by atoms with E-state index < -0.39 is 6.09 Å². The fourth-order valence-electron chi connectivity index (χ4n) is 4.03. The van der Waals surface area contributed by atoms with Crippen LogP contribution in [0.3, 0.4) is 0 Å². The summed E-state index contributed by atoms with van der Waals surface area (Å²) in [4.78, 5) is 12.2. The van der Waals surface area contributed by atoms with Crippen LogP contribution in [0.25, 0.3) is 16.8 Å². The number of alkyl carbamates (subject to hydrolysis) is 1. The Morgan fingerprint density at radius 3 is 2.28 bits per heavy atom. The number of nitrogens with one attached hydrogen (secondary N) is 1. The Bertz CT molecular complexity index is 1250. The summed E-state index contributed by atoms with van der Waals surface area (Å²) in [6, 6.07) is 26.2. The minimum atomic E-state index is -0.463. The Morgan fingerprint density at radius 2 is 1.62 bits per heavy atom. The van der Waals surface area contributed by atoms with Crippen molar-refractivity contribution in [2.45, 2.75) is 5.92 Å². The Kier molecular flexibility index (Phi) is 5.42. The van der Waals surface area contributed by atoms with Crippen LogP contribution in [0.1, 0.15) is 22.6 Å². The van der Waals surface area contributed by atoms with E-state index in [1.165, 1.54) is 22.3 Å². The van der Waals surface area contributed by atoms with Crippen molar-refractivity contribution in [3.63, 3.8) is 0 Å². The Morgan fingerprint density at radius 1 is 0.938 bits per heavy atom. The summed E-state index contributed by atoms with van der Waals surface area (Å²) in [5, 5.41) is 6.91. The molecular formula is C27H21N3O2. The lowest BCUT2D eigenvalue weighted by Gasteiger charge is -2.14. The first-order chi connectivity index (χ1) is 15.8. The van der Waals surface area contributed by atoms with E-state index in [4.69, 9.17) is 4.74 Å². The van der Waals surface area contributed by atoms with E-state index in [1.54, 1.807) is 10.9 Å². The third-order valence-electron chi connectivity index (χ3n) is 5.53. The number of aromatic nitrogens is 2. The van der Waals surface area contributed by atoms with Gasteiger partial charge in [-0.2, -0.15) is 5.10 Å². The number of hydrogen-bond acceptors (Lipinski definition) is 3. The lowest BCUT2D eigenvalue weighted by molar-refractivity contribution is 0.144. The lowest BCUT2D eigenvalue weighted by atomic mass is 9.98. The molecular weight excluding hydrogens is 398 g/mol. The van der Waals surface area contributed by atoms with Crippen LogP contribution in [0.5, 0.6) is 0 Å². The Balaban J connectivity index is 1.15. The zero-order valence-electron chi connectivity index (χ0n) is 17.4. The summed E-state index contributed by atoms with van der Waals surface area (Å²) >= 11 is 0. The molecule has 0 spiro atoms. The molecule has 1 amide bonds. The second-order valence-electron chi connectivity index (χ2n) is 7.48. The second-order valence-corrected chi connectivity index (χ2v) is 7.48. The van der Waals surface area contributed by atoms with Gasteiger partial charge in [-0.1, -0.05) is 60.4 Å². The van der Waals surface area contributed by atoms with E-state index in [-0.39, 0.29) is 12.5 Å². The van der Waals surface area contributed by atoms with Gasteiger partial charge >= 0.3 is 6.09 Å². The standard InChI is InChI=1S/C27H21N3O2/c31-27(28-16-5-7-20-12-14-21(15-13-20)30-18-6-17-29-30)32-19-26-24-10-3-1-8-22(24)23-9-2-4-11-25(23)26/h1-4,6,8-15,17-18,26H,16,19H2,(H,28,31). The second kappa shape index (κ2) is 8.83. The summed E-state index contributed by atoms with van der Waals surface area (Å²) in [5.74, 6) is 6.06. The highest BCUT2D eigenvalue weighted by molar-refractivity contribution is 5.79. The van der Waals surface area contributed by atoms with E-state index in [9.17, 15) is 4.79 Å². The molecule has 0 saturated heterocycles. The number of benzene rings is 3. The molecule has 1 aliphatic rings. The van der Waals surface area contributed by atoms with Gasteiger partial charge in [-0.05, 0) is 52.6 Å². The number of hydrogen-bond donors (Lipinski definition) is 1. The number of rotatable bonds is 4. The highest BCUT2D eigenvalue weighted by atomic mass is 16.5. The van der Waals surface area contributed by atoms with E-state index in [0.29, 0.717) is 6.61 Å². The van der Waals surface area contributed by atoms with Crippen LogP contribution in [-0.4, -0.2) is 29.0 Å². The minimum Gasteiger partial charge on any atom is -0.449 e. The molecule has 0 bridgehead atoms. The van der Waals surface area contributed by atoms with Crippen molar-refractivity contribution >= 4 is 6.09 Å². The van der Waals surface area contributed by atoms with Crippen molar-refractivity contribution in [2.75, 3.05) is 13.2 Å². The normalized spacial score (nSPS) is 11.8. The minimum absolute atomic E-state index is 0.0486. The number of ether oxygens (including phenoxy) is 1. The molecule has 5 rings (SSSR count). The van der Waals surface area contributed by atoms with Gasteiger partial charge in [0.25, 0.3) is 0 Å². The Hall–Kier alpha value is -4.30. The van der Waals surface area contributed by atoms with Crippen molar-refractivity contribution in [1.29, 1.82) is 0 Å². The van der Waals surface area contributed by atoms with Crippen LogP contribution < -0.4 is 5.32 Å². The number of carbonyl (C=O) groups is 1. The molecule has 5 heteroatoms. The zero-order valence-corrected chi connectivity index (χ0v) is 17.4. The molecule has 4 aromatic rings. The van der Waals surface area contributed by atoms with Crippen molar-refractivity contribution in [2.24, 2.45) is 0 Å². The van der Waals surface area contributed by atoms with Crippen LogP contribution in [0, 0.1) is 11.8 Å². The molecule has 0 atom stereocenters. The summed E-state index contributed by atoms with van der Waals surface area (Å²) in [6.45, 7) is 0.514. The largest absolute Gasteiger partial charge is 0.449 e. The van der Waals surface area contributed by atoms with E-state index in [2.05, 4.69) is 46.5 Å². The molecule has 0 saturated carbocycles. The fraction of sp³-hybridized carbons (Fsp3) is 0.111. The molecule has 1 aromatic heterocycles. The van der Waals surface area contributed by atoms with Crippen LogP contribution in [0.4, 0.5) is 4.79 Å². The molecule has 0 aliphatic heterocycles. The first-order valence-corrected chi connectivity index (χ1v) is 10.5. The van der Waals surface area contributed by atoms with Crippen molar-refractivity contribution in [3.05, 3.63) is 108 Å². The first kappa shape index (κ1) is 19.7. The smallest absolute Gasteiger partial charge is 0.407 e. The van der Waals surface area contributed by atoms with Gasteiger partial charge in [-0.15, -0.1) is 0 Å². The average Bonchev–Trinajstić information content (AvgIpc) is 3.48.